The summed E-state index contributed by atoms with van der Waals surface area (Å²) >= 11 is 0. The molecule has 0 fully saturated rings. The number of amides is 1. The van der Waals surface area contributed by atoms with Crippen LogP contribution in [0.2, 0.25) is 0 Å². The first-order chi connectivity index (χ1) is 18.8. The van der Waals surface area contributed by atoms with E-state index >= 15 is 0 Å². The molecule has 0 saturated carbocycles. The van der Waals surface area contributed by atoms with Gasteiger partial charge in [-0.15, -0.1) is 6.42 Å². The molecule has 0 aliphatic heterocycles. The summed E-state index contributed by atoms with van der Waals surface area (Å²) < 4.78 is 52.0. The van der Waals surface area contributed by atoms with Gasteiger partial charge in [0, 0.05) is 18.3 Å². The lowest BCUT2D eigenvalue weighted by molar-refractivity contribution is 0.170. The molecule has 4 aromatic rings. The van der Waals surface area contributed by atoms with Crippen molar-refractivity contribution in [2.45, 2.75) is 31.3 Å². The van der Waals surface area contributed by atoms with E-state index in [0.29, 0.717) is 29.7 Å². The lowest BCUT2D eigenvalue weighted by Gasteiger charge is -2.13. The Kier molecular flexibility index (Phi) is 8.26. The van der Waals surface area contributed by atoms with Crippen LogP contribution in [-0.2, 0) is 34.3 Å². The second-order valence-corrected chi connectivity index (χ2v) is 9.98. The van der Waals surface area contributed by atoms with Crippen LogP contribution in [0.4, 0.5) is 10.6 Å². The number of fused-ring (bicyclic) bond motifs is 1. The number of terminal acetylenes is 1. The molecule has 0 saturated heterocycles. The number of nitrogens with zero attached hydrogens (tertiary/aromatic N) is 3. The van der Waals surface area contributed by atoms with Crippen molar-refractivity contribution in [1.82, 2.24) is 20.3 Å². The first-order valence-electron chi connectivity index (χ1n) is 11.8. The number of sulfonamides is 1. The molecule has 204 valence electrons. The molecule has 0 unspecified atom stereocenters. The highest BCUT2D eigenvalue weighted by Crippen LogP contribution is 2.36. The highest BCUT2D eigenvalue weighted by atomic mass is 32.2. The number of hydrogen-bond acceptors (Lipinski definition) is 9. The first kappa shape index (κ1) is 27.3. The van der Waals surface area contributed by atoms with Gasteiger partial charge in [-0.25, -0.2) is 13.2 Å². The minimum absolute atomic E-state index is 0.0338. The second kappa shape index (κ2) is 11.8. The Labute approximate surface area is 225 Å². The summed E-state index contributed by atoms with van der Waals surface area (Å²) in [5.74, 6) is 2.78. The number of aromatic nitrogens is 3. The van der Waals surface area contributed by atoms with Crippen LogP contribution in [0.5, 0.6) is 11.5 Å². The van der Waals surface area contributed by atoms with Crippen LogP contribution in [0.15, 0.2) is 52.1 Å². The molecule has 12 nitrogen and oxygen atoms in total. The van der Waals surface area contributed by atoms with Gasteiger partial charge in [0.1, 0.15) is 28.4 Å². The number of hydrogen-bond donors (Lipinski definition) is 2. The molecule has 0 aliphatic rings. The molecule has 2 aromatic carbocycles. The predicted molar refractivity (Wildman–Crippen MR) is 142 cm³/mol. The van der Waals surface area contributed by atoms with Crippen LogP contribution < -0.4 is 19.5 Å². The Balaban J connectivity index is 1.61. The van der Waals surface area contributed by atoms with E-state index in [1.54, 1.807) is 41.3 Å². The Bertz CT molecular complexity index is 1640. The normalized spacial score (nSPS) is 11.1. The zero-order valence-corrected chi connectivity index (χ0v) is 22.4. The van der Waals surface area contributed by atoms with E-state index in [1.807, 2.05) is 6.92 Å². The van der Waals surface area contributed by atoms with Gasteiger partial charge in [-0.3, -0.25) is 9.40 Å². The lowest BCUT2D eigenvalue weighted by atomic mass is 10.1. The molecule has 2 aromatic heterocycles. The van der Waals surface area contributed by atoms with Crippen molar-refractivity contribution in [2.24, 2.45) is 0 Å². The number of ether oxygens (including phenoxy) is 3. The highest BCUT2D eigenvalue weighted by Gasteiger charge is 2.25. The Hall–Kier alpha value is -4.70. The van der Waals surface area contributed by atoms with Gasteiger partial charge in [0.05, 0.1) is 27.0 Å². The van der Waals surface area contributed by atoms with Gasteiger partial charge in [0.2, 0.25) is 0 Å². The van der Waals surface area contributed by atoms with Crippen molar-refractivity contribution >= 4 is 32.9 Å². The van der Waals surface area contributed by atoms with Gasteiger partial charge in [-0.1, -0.05) is 24.1 Å². The second-order valence-electron chi connectivity index (χ2n) is 8.33. The van der Waals surface area contributed by atoms with Crippen LogP contribution in [0.25, 0.3) is 11.0 Å². The number of carbonyl (C=O) groups excluding carboxylic acids is 1. The van der Waals surface area contributed by atoms with Gasteiger partial charge < -0.3 is 24.1 Å². The highest BCUT2D eigenvalue weighted by molar-refractivity contribution is 7.92. The quantitative estimate of drug-likeness (QED) is 0.267. The minimum Gasteiger partial charge on any atom is -0.496 e. The molecule has 39 heavy (non-hydrogen) atoms. The van der Waals surface area contributed by atoms with E-state index in [9.17, 15) is 13.2 Å². The minimum atomic E-state index is -4.14. The molecule has 4 rings (SSSR count). The van der Waals surface area contributed by atoms with E-state index in [-0.39, 0.29) is 29.6 Å². The summed E-state index contributed by atoms with van der Waals surface area (Å²) in [7, 11) is -1.38. The van der Waals surface area contributed by atoms with E-state index in [4.69, 9.17) is 20.4 Å². The van der Waals surface area contributed by atoms with Gasteiger partial charge in [0.15, 0.2) is 11.4 Å². The number of aryl methyl sites for hydroxylation is 1. The van der Waals surface area contributed by atoms with Crippen molar-refractivity contribution in [2.75, 3.05) is 25.5 Å². The number of benzene rings is 2. The fraction of sp³-hybridized carbons (Fsp3) is 0.269. The van der Waals surface area contributed by atoms with Crippen molar-refractivity contribution in [3.8, 4) is 23.8 Å². The number of nitrogens with one attached hydrogen (secondary N) is 2. The zero-order valence-electron chi connectivity index (χ0n) is 21.6. The fourth-order valence-corrected chi connectivity index (χ4v) is 5.04. The molecule has 0 atom stereocenters. The van der Waals surface area contributed by atoms with E-state index in [0.717, 1.165) is 16.7 Å². The first-order valence-corrected chi connectivity index (χ1v) is 13.3. The third-order valence-corrected chi connectivity index (χ3v) is 7.08. The lowest BCUT2D eigenvalue weighted by Crippen LogP contribution is -2.21. The number of anilines is 1. The molecular weight excluding hydrogens is 526 g/mol. The number of alkyl carbamates (subject to hydrolysis) is 1. The van der Waals surface area contributed by atoms with Crippen LogP contribution in [0, 0.1) is 12.3 Å². The summed E-state index contributed by atoms with van der Waals surface area (Å²) in [5.41, 5.74) is 2.66. The van der Waals surface area contributed by atoms with Crippen molar-refractivity contribution < 1.29 is 31.9 Å². The topological polar surface area (TPSA) is 147 Å². The standard InChI is InChI=1S/C26H27N5O7S/c1-5-9-37-20-8-7-17(6-2)12-23(20)39(33,34)30-25-24-21(35-3)10-18(11-22(24)38-29-25)15-31-16-19(14-28-31)13-27-26(32)36-4/h1,7-8,10-12,14,16H,6,9,13,15H2,2-4H3,(H,27,32)(H,29,30). The molecule has 1 amide bonds. The maximum absolute atomic E-state index is 13.4. The monoisotopic (exact) mass is 553 g/mol. The number of methoxy groups -OCH3 is 2. The summed E-state index contributed by atoms with van der Waals surface area (Å²) in [5, 5.41) is 11.2. The molecule has 0 aliphatic carbocycles. The van der Waals surface area contributed by atoms with E-state index in [2.05, 4.69) is 31.0 Å². The smallest absolute Gasteiger partial charge is 0.407 e. The van der Waals surface area contributed by atoms with Gasteiger partial charge in [-0.2, -0.15) is 5.10 Å². The van der Waals surface area contributed by atoms with Crippen LogP contribution >= 0.6 is 0 Å². The number of carbonyl (C=O) groups is 1. The van der Waals surface area contributed by atoms with E-state index in [1.165, 1.54) is 20.3 Å². The molecule has 0 bridgehead atoms. The summed E-state index contributed by atoms with van der Waals surface area (Å²) in [4.78, 5) is 11.2. The van der Waals surface area contributed by atoms with E-state index < -0.39 is 16.1 Å². The summed E-state index contributed by atoms with van der Waals surface area (Å²) in [6.07, 6.45) is 8.78. The Morgan fingerprint density at radius 2 is 1.97 bits per heavy atom. The zero-order chi connectivity index (χ0) is 28.0. The van der Waals surface area contributed by atoms with Crippen molar-refractivity contribution in [3.63, 3.8) is 0 Å². The maximum Gasteiger partial charge on any atom is 0.407 e. The largest absolute Gasteiger partial charge is 0.496 e. The molecule has 2 N–H and O–H groups in total. The van der Waals surface area contributed by atoms with Crippen LogP contribution in [0.3, 0.4) is 0 Å². The molecule has 0 radical (unpaired) electrons. The average Bonchev–Trinajstić information content (AvgIpc) is 3.56. The third kappa shape index (κ3) is 6.24. The summed E-state index contributed by atoms with van der Waals surface area (Å²) in [6.45, 7) is 2.44. The predicted octanol–water partition coefficient (Wildman–Crippen LogP) is 3.31. The van der Waals surface area contributed by atoms with Crippen LogP contribution in [-0.4, -0.2) is 50.3 Å². The maximum atomic E-state index is 13.4. The third-order valence-electron chi connectivity index (χ3n) is 5.72. The Morgan fingerprint density at radius 1 is 1.15 bits per heavy atom. The number of rotatable bonds is 11. The van der Waals surface area contributed by atoms with Crippen molar-refractivity contribution in [3.05, 3.63) is 59.4 Å². The molecular formula is C26H27N5O7S. The molecule has 2 heterocycles. The average molecular weight is 554 g/mol. The molecule has 0 spiro atoms. The van der Waals surface area contributed by atoms with Gasteiger partial charge >= 0.3 is 6.09 Å². The Morgan fingerprint density at radius 3 is 2.69 bits per heavy atom. The summed E-state index contributed by atoms with van der Waals surface area (Å²) in [6, 6.07) is 8.34. The molecule has 13 heteroatoms. The van der Waals surface area contributed by atoms with Crippen LogP contribution in [0.1, 0.15) is 23.6 Å². The van der Waals surface area contributed by atoms with Gasteiger partial charge in [-0.05, 0) is 41.8 Å². The van der Waals surface area contributed by atoms with Gasteiger partial charge in [0.25, 0.3) is 10.0 Å². The SMILES string of the molecule is C#CCOc1ccc(CC)cc1S(=O)(=O)Nc1noc2cc(Cn3cc(CNC(=O)OC)cn3)cc(OC)c12. The van der Waals surface area contributed by atoms with Crippen molar-refractivity contribution in [1.29, 1.82) is 0 Å². The fourth-order valence-electron chi connectivity index (χ4n) is 3.83.